The van der Waals surface area contributed by atoms with E-state index in [9.17, 15) is 17.6 Å². The molecule has 0 heterocycles. The van der Waals surface area contributed by atoms with Crippen LogP contribution in [-0.4, -0.2) is 19.9 Å². The summed E-state index contributed by atoms with van der Waals surface area (Å²) in [7, 11) is -4.19. The summed E-state index contributed by atoms with van der Waals surface area (Å²) in [5.74, 6) is -1.37. The maximum absolute atomic E-state index is 13.5. The molecule has 1 fully saturated rings. The van der Waals surface area contributed by atoms with E-state index in [1.165, 1.54) is 6.07 Å². The van der Waals surface area contributed by atoms with Crippen LogP contribution in [0.4, 0.5) is 4.39 Å². The van der Waals surface area contributed by atoms with Crippen LogP contribution in [0.25, 0.3) is 0 Å². The molecule has 1 saturated carbocycles. The molecule has 0 atom stereocenters. The summed E-state index contributed by atoms with van der Waals surface area (Å²) in [4.78, 5) is 11.6. The average molecular weight is 314 g/mol. The molecule has 0 radical (unpaired) electrons. The molecule has 0 saturated heterocycles. The number of primary sulfonamides is 1. The molecule has 0 spiro atoms. The van der Waals surface area contributed by atoms with Crippen LogP contribution >= 0.6 is 0 Å². The number of nitrogens with one attached hydrogen (secondary N) is 1. The first-order chi connectivity index (χ1) is 9.71. The topological polar surface area (TPSA) is 89.3 Å². The molecule has 2 rings (SSSR count). The maximum atomic E-state index is 13.5. The minimum Gasteiger partial charge on any atom is -0.347 e. The highest BCUT2D eigenvalue weighted by Crippen LogP contribution is 2.28. The molecule has 0 aromatic heterocycles. The van der Waals surface area contributed by atoms with Gasteiger partial charge in [0.1, 0.15) is 10.7 Å². The molecule has 0 unspecified atom stereocenters. The molecule has 1 aromatic carbocycles. The molecule has 7 heteroatoms. The highest BCUT2D eigenvalue weighted by Gasteiger charge is 2.29. The molecule has 3 N–H and O–H groups in total. The van der Waals surface area contributed by atoms with Crippen molar-refractivity contribution >= 4 is 15.9 Å². The van der Waals surface area contributed by atoms with Crippen LogP contribution in [0.5, 0.6) is 0 Å². The van der Waals surface area contributed by atoms with Crippen LogP contribution in [-0.2, 0) is 10.0 Å². The van der Waals surface area contributed by atoms with Gasteiger partial charge in [0.15, 0.2) is 0 Å². The number of carbonyl (C=O) groups excluding carboxylic acids is 1. The zero-order valence-corrected chi connectivity index (χ0v) is 12.7. The van der Waals surface area contributed by atoms with E-state index in [-0.39, 0.29) is 11.1 Å². The van der Waals surface area contributed by atoms with Crippen molar-refractivity contribution < 1.29 is 17.6 Å². The Morgan fingerprint density at radius 2 is 1.90 bits per heavy atom. The van der Waals surface area contributed by atoms with E-state index in [4.69, 9.17) is 5.14 Å². The van der Waals surface area contributed by atoms with Gasteiger partial charge in [-0.3, -0.25) is 4.79 Å². The number of amides is 1. The molecule has 0 aliphatic heterocycles. The fraction of sp³-hybridized carbons (Fsp3) is 0.500. The molecular formula is C14H19FN2O3S. The number of rotatable bonds is 3. The van der Waals surface area contributed by atoms with Gasteiger partial charge in [0.2, 0.25) is 10.0 Å². The third-order valence-corrected chi connectivity index (χ3v) is 4.80. The van der Waals surface area contributed by atoms with Gasteiger partial charge in [-0.15, -0.1) is 0 Å². The Hall–Kier alpha value is -1.47. The van der Waals surface area contributed by atoms with Crippen molar-refractivity contribution in [1.29, 1.82) is 0 Å². The van der Waals surface area contributed by atoms with Gasteiger partial charge >= 0.3 is 0 Å². The summed E-state index contributed by atoms with van der Waals surface area (Å²) in [5.41, 5.74) is -0.210. The van der Waals surface area contributed by atoms with Crippen LogP contribution < -0.4 is 10.5 Å². The van der Waals surface area contributed by atoms with Crippen molar-refractivity contribution in [2.75, 3.05) is 0 Å². The Bertz CT molecular complexity index is 652. The molecule has 1 aromatic rings. The summed E-state index contributed by atoms with van der Waals surface area (Å²) >= 11 is 0. The first-order valence-electron chi connectivity index (χ1n) is 6.86. The van der Waals surface area contributed by atoms with Crippen molar-refractivity contribution in [3.8, 4) is 0 Å². The molecule has 1 amide bonds. The van der Waals surface area contributed by atoms with Gasteiger partial charge in [-0.1, -0.05) is 19.3 Å². The lowest BCUT2D eigenvalue weighted by molar-refractivity contribution is 0.0882. The SMILES string of the molecule is CC1(NC(=O)c2ccc(F)c(S(N)(=O)=O)c2)CCCCC1. The van der Waals surface area contributed by atoms with Gasteiger partial charge in [-0.25, -0.2) is 17.9 Å². The van der Waals surface area contributed by atoms with E-state index in [1.54, 1.807) is 0 Å². The number of nitrogens with two attached hydrogens (primary N) is 1. The van der Waals surface area contributed by atoms with Gasteiger partial charge in [0, 0.05) is 11.1 Å². The Kier molecular flexibility index (Phi) is 4.34. The van der Waals surface area contributed by atoms with Crippen molar-refractivity contribution in [2.24, 2.45) is 5.14 Å². The van der Waals surface area contributed by atoms with Crippen molar-refractivity contribution in [3.63, 3.8) is 0 Å². The minimum absolute atomic E-state index is 0.0900. The zero-order chi connectivity index (χ0) is 15.7. The Morgan fingerprint density at radius 1 is 1.29 bits per heavy atom. The summed E-state index contributed by atoms with van der Waals surface area (Å²) in [6.07, 6.45) is 4.99. The Balaban J connectivity index is 2.24. The molecule has 0 bridgehead atoms. The number of benzene rings is 1. The molecule has 21 heavy (non-hydrogen) atoms. The summed E-state index contributed by atoms with van der Waals surface area (Å²) < 4.78 is 36.0. The van der Waals surface area contributed by atoms with E-state index < -0.39 is 26.6 Å². The summed E-state index contributed by atoms with van der Waals surface area (Å²) in [6.45, 7) is 1.97. The first-order valence-corrected chi connectivity index (χ1v) is 8.41. The highest BCUT2D eigenvalue weighted by atomic mass is 32.2. The molecular weight excluding hydrogens is 295 g/mol. The normalized spacial score (nSPS) is 18.2. The van der Waals surface area contributed by atoms with Gasteiger partial charge < -0.3 is 5.32 Å². The monoisotopic (exact) mass is 314 g/mol. The fourth-order valence-corrected chi connectivity index (χ4v) is 3.30. The van der Waals surface area contributed by atoms with E-state index >= 15 is 0 Å². The van der Waals surface area contributed by atoms with Crippen LogP contribution in [0.1, 0.15) is 49.4 Å². The van der Waals surface area contributed by atoms with E-state index in [0.29, 0.717) is 0 Å². The molecule has 116 valence electrons. The predicted molar refractivity (Wildman–Crippen MR) is 76.7 cm³/mol. The smallest absolute Gasteiger partial charge is 0.251 e. The minimum atomic E-state index is -4.19. The third-order valence-electron chi connectivity index (χ3n) is 3.87. The van der Waals surface area contributed by atoms with Crippen LogP contribution in [0.2, 0.25) is 0 Å². The number of halogens is 1. The maximum Gasteiger partial charge on any atom is 0.251 e. The lowest BCUT2D eigenvalue weighted by Gasteiger charge is -2.34. The van der Waals surface area contributed by atoms with Gasteiger partial charge in [0.05, 0.1) is 0 Å². The van der Waals surface area contributed by atoms with Crippen molar-refractivity contribution in [1.82, 2.24) is 5.32 Å². The zero-order valence-electron chi connectivity index (χ0n) is 11.9. The van der Waals surface area contributed by atoms with Gasteiger partial charge in [-0.05, 0) is 38.0 Å². The van der Waals surface area contributed by atoms with Gasteiger partial charge in [0.25, 0.3) is 5.91 Å². The summed E-state index contributed by atoms with van der Waals surface area (Å²) in [6, 6.07) is 3.18. The standard InChI is InChI=1S/C14H19FN2O3S/c1-14(7-3-2-4-8-14)17-13(18)10-5-6-11(15)12(9-10)21(16,19)20/h5-6,9H,2-4,7-8H2,1H3,(H,17,18)(H2,16,19,20). The first kappa shape index (κ1) is 15.9. The molecule has 1 aliphatic rings. The number of sulfonamides is 1. The number of hydrogen-bond donors (Lipinski definition) is 2. The fourth-order valence-electron chi connectivity index (χ4n) is 2.67. The average Bonchev–Trinajstić information content (AvgIpc) is 2.38. The molecule has 5 nitrogen and oxygen atoms in total. The molecule has 1 aliphatic carbocycles. The van der Waals surface area contributed by atoms with Crippen LogP contribution in [0.3, 0.4) is 0 Å². The quantitative estimate of drug-likeness (QED) is 0.893. The van der Waals surface area contributed by atoms with Gasteiger partial charge in [-0.2, -0.15) is 0 Å². The number of carbonyl (C=O) groups is 1. The number of hydrogen-bond acceptors (Lipinski definition) is 3. The van der Waals surface area contributed by atoms with Crippen molar-refractivity contribution in [2.45, 2.75) is 49.5 Å². The highest BCUT2D eigenvalue weighted by molar-refractivity contribution is 7.89. The van der Waals surface area contributed by atoms with Crippen molar-refractivity contribution in [3.05, 3.63) is 29.6 Å². The van der Waals surface area contributed by atoms with Crippen LogP contribution in [0.15, 0.2) is 23.1 Å². The Morgan fingerprint density at radius 3 is 2.48 bits per heavy atom. The largest absolute Gasteiger partial charge is 0.347 e. The second-order valence-corrected chi connectivity index (χ2v) is 7.30. The van der Waals surface area contributed by atoms with Crippen LogP contribution in [0, 0.1) is 5.82 Å². The predicted octanol–water partition coefficient (Wildman–Crippen LogP) is 1.93. The second-order valence-electron chi connectivity index (χ2n) is 5.77. The third kappa shape index (κ3) is 3.79. The van der Waals surface area contributed by atoms with E-state index in [2.05, 4.69) is 5.32 Å². The van der Waals surface area contributed by atoms with E-state index in [1.807, 2.05) is 6.92 Å². The van der Waals surface area contributed by atoms with E-state index in [0.717, 1.165) is 44.2 Å². The lowest BCUT2D eigenvalue weighted by Crippen LogP contribution is -2.47. The summed E-state index contributed by atoms with van der Waals surface area (Å²) in [5, 5.41) is 7.85. The Labute approximate surface area is 123 Å². The second kappa shape index (κ2) is 5.73. The lowest BCUT2D eigenvalue weighted by atomic mass is 9.83.